The molecule has 0 saturated heterocycles. The molecule has 0 atom stereocenters. The zero-order valence-electron chi connectivity index (χ0n) is 8.46. The van der Waals surface area contributed by atoms with Crippen molar-refractivity contribution in [1.82, 2.24) is 4.98 Å². The molecule has 1 rings (SSSR count). The summed E-state index contributed by atoms with van der Waals surface area (Å²) in [5.74, 6) is -0.00843. The molecular formula is C9H12F2N2O2. The first-order chi connectivity index (χ1) is 7.15. The zero-order chi connectivity index (χ0) is 11.4. The number of pyridine rings is 1. The van der Waals surface area contributed by atoms with E-state index < -0.39 is 6.43 Å². The lowest BCUT2D eigenvalue weighted by Gasteiger charge is -2.14. The number of ether oxygens (including phenoxy) is 2. The Morgan fingerprint density at radius 1 is 1.40 bits per heavy atom. The fourth-order valence-electron chi connectivity index (χ4n) is 1.27. The van der Waals surface area contributed by atoms with Crippen molar-refractivity contribution >= 4 is 0 Å². The number of halogens is 2. The minimum Gasteiger partial charge on any atom is -0.494 e. The summed E-state index contributed by atoms with van der Waals surface area (Å²) in [7, 11) is 2.59. The van der Waals surface area contributed by atoms with Gasteiger partial charge < -0.3 is 15.2 Å². The molecule has 0 unspecified atom stereocenters. The number of hydrogen-bond donors (Lipinski definition) is 1. The van der Waals surface area contributed by atoms with Crippen LogP contribution < -0.4 is 15.2 Å². The summed E-state index contributed by atoms with van der Waals surface area (Å²) in [6.45, 7) is 0.0346. The molecule has 1 aromatic rings. The molecule has 84 valence electrons. The fraction of sp³-hybridized carbons (Fsp3) is 0.444. The van der Waals surface area contributed by atoms with E-state index in [2.05, 4.69) is 4.98 Å². The molecule has 0 amide bonds. The number of rotatable bonds is 4. The van der Waals surface area contributed by atoms with Gasteiger partial charge in [0.1, 0.15) is 11.3 Å². The predicted octanol–water partition coefficient (Wildman–Crippen LogP) is 1.50. The smallest absolute Gasteiger partial charge is 0.271 e. The van der Waals surface area contributed by atoms with E-state index in [1.165, 1.54) is 20.4 Å². The third kappa shape index (κ3) is 2.15. The summed E-state index contributed by atoms with van der Waals surface area (Å²) in [5.41, 5.74) is 5.33. The maximum Gasteiger partial charge on any atom is 0.271 e. The Hall–Kier alpha value is -1.43. The fourth-order valence-corrected chi connectivity index (χ4v) is 1.27. The van der Waals surface area contributed by atoms with Crippen LogP contribution in [0.3, 0.4) is 0 Å². The second-order valence-corrected chi connectivity index (χ2v) is 2.73. The van der Waals surface area contributed by atoms with Crippen molar-refractivity contribution in [2.45, 2.75) is 13.0 Å². The number of methoxy groups -OCH3 is 2. The molecule has 0 aliphatic heterocycles. The first-order valence-electron chi connectivity index (χ1n) is 4.23. The molecule has 1 heterocycles. The highest BCUT2D eigenvalue weighted by Crippen LogP contribution is 2.37. The van der Waals surface area contributed by atoms with Crippen molar-refractivity contribution in [3.63, 3.8) is 0 Å². The Balaban J connectivity index is 3.37. The van der Waals surface area contributed by atoms with Crippen molar-refractivity contribution in [2.75, 3.05) is 14.2 Å². The monoisotopic (exact) mass is 218 g/mol. The van der Waals surface area contributed by atoms with Crippen molar-refractivity contribution in [2.24, 2.45) is 5.73 Å². The Bertz CT molecular complexity index is 345. The van der Waals surface area contributed by atoms with Gasteiger partial charge in [-0.15, -0.1) is 0 Å². The van der Waals surface area contributed by atoms with Gasteiger partial charge in [0.15, 0.2) is 5.75 Å². The molecule has 6 heteroatoms. The second-order valence-electron chi connectivity index (χ2n) is 2.73. The molecule has 0 aliphatic carbocycles. The van der Waals surface area contributed by atoms with Gasteiger partial charge in [-0.1, -0.05) is 0 Å². The highest BCUT2D eigenvalue weighted by atomic mass is 19.3. The lowest BCUT2D eigenvalue weighted by molar-refractivity contribution is 0.142. The van der Waals surface area contributed by atoms with Crippen molar-refractivity contribution in [3.05, 3.63) is 17.5 Å². The van der Waals surface area contributed by atoms with Crippen LogP contribution in [-0.4, -0.2) is 19.2 Å². The number of alkyl halides is 2. The summed E-state index contributed by atoms with van der Waals surface area (Å²) in [4.78, 5) is 3.87. The molecule has 1 aromatic heterocycles. The Morgan fingerprint density at radius 3 is 2.47 bits per heavy atom. The van der Waals surface area contributed by atoms with Crippen LogP contribution in [0.2, 0.25) is 0 Å². The highest BCUT2D eigenvalue weighted by molar-refractivity contribution is 5.47. The van der Waals surface area contributed by atoms with Gasteiger partial charge in [-0.25, -0.2) is 8.78 Å². The van der Waals surface area contributed by atoms with Crippen LogP contribution in [0.25, 0.3) is 0 Å². The van der Waals surface area contributed by atoms with Crippen LogP contribution in [0.4, 0.5) is 8.78 Å². The van der Waals surface area contributed by atoms with Gasteiger partial charge in [0.05, 0.1) is 26.1 Å². The van der Waals surface area contributed by atoms with Gasteiger partial charge in [-0.05, 0) is 0 Å². The molecule has 0 aromatic carbocycles. The summed E-state index contributed by atoms with van der Waals surface area (Å²) in [5, 5.41) is 0. The molecule has 0 saturated carbocycles. The topological polar surface area (TPSA) is 57.4 Å². The van der Waals surface area contributed by atoms with Crippen molar-refractivity contribution in [3.8, 4) is 11.5 Å². The van der Waals surface area contributed by atoms with E-state index in [1.54, 1.807) is 0 Å². The van der Waals surface area contributed by atoms with E-state index in [0.717, 1.165) is 0 Å². The first kappa shape index (κ1) is 11.6. The summed E-state index contributed by atoms with van der Waals surface area (Å²) >= 11 is 0. The Labute approximate surface area is 86.0 Å². The van der Waals surface area contributed by atoms with Crippen LogP contribution >= 0.6 is 0 Å². The molecule has 0 fully saturated rings. The van der Waals surface area contributed by atoms with Gasteiger partial charge in [-0.3, -0.25) is 4.98 Å². The Morgan fingerprint density at radius 2 is 2.07 bits per heavy atom. The van der Waals surface area contributed by atoms with Gasteiger partial charge in [-0.2, -0.15) is 0 Å². The van der Waals surface area contributed by atoms with E-state index in [1.807, 2.05) is 0 Å². The number of nitrogens with zero attached hydrogens (tertiary/aromatic N) is 1. The van der Waals surface area contributed by atoms with Crippen molar-refractivity contribution in [1.29, 1.82) is 0 Å². The van der Waals surface area contributed by atoms with Crippen LogP contribution in [-0.2, 0) is 6.54 Å². The van der Waals surface area contributed by atoms with E-state index in [4.69, 9.17) is 15.2 Å². The molecule has 2 N–H and O–H groups in total. The van der Waals surface area contributed by atoms with E-state index in [0.29, 0.717) is 0 Å². The maximum atomic E-state index is 12.7. The van der Waals surface area contributed by atoms with Crippen LogP contribution in [0.1, 0.15) is 17.7 Å². The largest absolute Gasteiger partial charge is 0.494 e. The highest BCUT2D eigenvalue weighted by Gasteiger charge is 2.23. The standard InChI is InChI=1S/C9H12F2N2O2/c1-14-6-4-13-5(3-12)8(15-2)7(6)9(10)11/h4,9H,3,12H2,1-2H3. The first-order valence-corrected chi connectivity index (χ1v) is 4.23. The van der Waals surface area contributed by atoms with Gasteiger partial charge >= 0.3 is 0 Å². The lowest BCUT2D eigenvalue weighted by atomic mass is 10.2. The number of hydrogen-bond acceptors (Lipinski definition) is 4. The summed E-state index contributed by atoms with van der Waals surface area (Å²) in [6, 6.07) is 0. The summed E-state index contributed by atoms with van der Waals surface area (Å²) < 4.78 is 35.2. The molecular weight excluding hydrogens is 206 g/mol. The minimum atomic E-state index is -2.69. The van der Waals surface area contributed by atoms with E-state index in [-0.39, 0.29) is 29.3 Å². The molecule has 0 bridgehead atoms. The number of aromatic nitrogens is 1. The molecule has 15 heavy (non-hydrogen) atoms. The van der Waals surface area contributed by atoms with Gasteiger partial charge in [0, 0.05) is 6.54 Å². The second kappa shape index (κ2) is 4.88. The quantitative estimate of drug-likeness (QED) is 0.831. The Kier molecular flexibility index (Phi) is 3.79. The van der Waals surface area contributed by atoms with Crippen LogP contribution in [0, 0.1) is 0 Å². The predicted molar refractivity (Wildman–Crippen MR) is 50.2 cm³/mol. The molecule has 4 nitrogen and oxygen atoms in total. The van der Waals surface area contributed by atoms with Crippen LogP contribution in [0.5, 0.6) is 11.5 Å². The maximum absolute atomic E-state index is 12.7. The normalized spacial score (nSPS) is 10.5. The van der Waals surface area contributed by atoms with E-state index >= 15 is 0 Å². The third-order valence-electron chi connectivity index (χ3n) is 1.95. The van der Waals surface area contributed by atoms with Gasteiger partial charge in [0.25, 0.3) is 6.43 Å². The lowest BCUT2D eigenvalue weighted by Crippen LogP contribution is -2.07. The average molecular weight is 218 g/mol. The van der Waals surface area contributed by atoms with Gasteiger partial charge in [0.2, 0.25) is 0 Å². The summed E-state index contributed by atoms with van der Waals surface area (Å²) in [6.07, 6.45) is -1.48. The molecule has 0 radical (unpaired) electrons. The average Bonchev–Trinajstić information content (AvgIpc) is 2.26. The minimum absolute atomic E-state index is 0.000880. The number of nitrogens with two attached hydrogens (primary N) is 1. The third-order valence-corrected chi connectivity index (χ3v) is 1.95. The van der Waals surface area contributed by atoms with Crippen molar-refractivity contribution < 1.29 is 18.3 Å². The molecule has 0 spiro atoms. The SMILES string of the molecule is COc1cnc(CN)c(OC)c1C(F)F. The zero-order valence-corrected chi connectivity index (χ0v) is 8.46. The van der Waals surface area contributed by atoms with Crippen LogP contribution in [0.15, 0.2) is 6.20 Å². The molecule has 0 aliphatic rings. The van der Waals surface area contributed by atoms with E-state index in [9.17, 15) is 8.78 Å².